The standard InChI is InChI=1S/C17H28O4/c1-2-20-17(18)16-13-14(16)7-5-3-4-6-10-21-15-8-11-19-12-9-15/h13,15-16H,2-12H2,1H3/t16-/m1/s1. The molecule has 0 aromatic rings. The second-order valence-electron chi connectivity index (χ2n) is 5.82. The molecule has 1 atom stereocenters. The van der Waals surface area contributed by atoms with E-state index < -0.39 is 0 Å². The first kappa shape index (κ1) is 16.5. The van der Waals surface area contributed by atoms with E-state index in [0.717, 1.165) is 45.5 Å². The van der Waals surface area contributed by atoms with Crippen molar-refractivity contribution in [1.29, 1.82) is 0 Å². The minimum absolute atomic E-state index is 0.00167. The molecule has 0 aromatic heterocycles. The summed E-state index contributed by atoms with van der Waals surface area (Å²) < 4.78 is 16.2. The monoisotopic (exact) mass is 296 g/mol. The third-order valence-electron chi connectivity index (χ3n) is 4.09. The minimum Gasteiger partial charge on any atom is -0.465 e. The Bertz CT molecular complexity index is 345. The summed E-state index contributed by atoms with van der Waals surface area (Å²) in [6.45, 7) is 4.90. The Kier molecular flexibility index (Phi) is 7.24. The molecule has 0 N–H and O–H groups in total. The van der Waals surface area contributed by atoms with Crippen molar-refractivity contribution in [2.75, 3.05) is 26.4 Å². The van der Waals surface area contributed by atoms with Crippen molar-refractivity contribution < 1.29 is 19.0 Å². The topological polar surface area (TPSA) is 44.8 Å². The second kappa shape index (κ2) is 9.21. The highest BCUT2D eigenvalue weighted by Gasteiger charge is 2.32. The zero-order chi connectivity index (χ0) is 14.9. The Labute approximate surface area is 127 Å². The maximum absolute atomic E-state index is 11.4. The molecule has 1 aliphatic carbocycles. The van der Waals surface area contributed by atoms with Crippen LogP contribution in [-0.4, -0.2) is 38.5 Å². The van der Waals surface area contributed by atoms with Crippen LogP contribution >= 0.6 is 0 Å². The number of carbonyl (C=O) groups excluding carboxylic acids is 1. The molecule has 0 spiro atoms. The van der Waals surface area contributed by atoms with Gasteiger partial charge in [-0.25, -0.2) is 0 Å². The number of ether oxygens (including phenoxy) is 3. The summed E-state index contributed by atoms with van der Waals surface area (Å²) in [5.41, 5.74) is 1.27. The number of hydrogen-bond donors (Lipinski definition) is 0. The van der Waals surface area contributed by atoms with Crippen molar-refractivity contribution in [1.82, 2.24) is 0 Å². The van der Waals surface area contributed by atoms with Gasteiger partial charge < -0.3 is 14.2 Å². The summed E-state index contributed by atoms with van der Waals surface area (Å²) in [5, 5.41) is 0. The average molecular weight is 296 g/mol. The van der Waals surface area contributed by atoms with Crippen LogP contribution in [0.5, 0.6) is 0 Å². The molecule has 1 aliphatic heterocycles. The molecular formula is C17H28O4. The molecular weight excluding hydrogens is 268 g/mol. The van der Waals surface area contributed by atoms with Crippen LogP contribution in [0.4, 0.5) is 0 Å². The van der Waals surface area contributed by atoms with Gasteiger partial charge in [-0.15, -0.1) is 0 Å². The van der Waals surface area contributed by atoms with Crippen LogP contribution in [0.3, 0.4) is 0 Å². The molecule has 0 aromatic carbocycles. The van der Waals surface area contributed by atoms with Crippen molar-refractivity contribution in [3.05, 3.63) is 11.6 Å². The Morgan fingerprint density at radius 2 is 2.00 bits per heavy atom. The van der Waals surface area contributed by atoms with Crippen LogP contribution in [0.15, 0.2) is 11.6 Å². The molecule has 4 heteroatoms. The maximum atomic E-state index is 11.4. The highest BCUT2D eigenvalue weighted by Crippen LogP contribution is 2.34. The van der Waals surface area contributed by atoms with E-state index in [1.54, 1.807) is 0 Å². The van der Waals surface area contributed by atoms with Crippen molar-refractivity contribution in [2.24, 2.45) is 5.92 Å². The van der Waals surface area contributed by atoms with Gasteiger partial charge in [0.05, 0.1) is 18.6 Å². The van der Waals surface area contributed by atoms with E-state index in [-0.39, 0.29) is 11.9 Å². The fraction of sp³-hybridized carbons (Fsp3) is 0.824. The average Bonchev–Trinajstić information content (AvgIpc) is 3.27. The first-order chi connectivity index (χ1) is 10.3. The molecule has 1 heterocycles. The van der Waals surface area contributed by atoms with Crippen LogP contribution < -0.4 is 0 Å². The van der Waals surface area contributed by atoms with Gasteiger partial charge in [0, 0.05) is 19.8 Å². The van der Waals surface area contributed by atoms with Gasteiger partial charge >= 0.3 is 5.97 Å². The van der Waals surface area contributed by atoms with Crippen LogP contribution in [-0.2, 0) is 19.0 Å². The molecule has 2 aliphatic rings. The normalized spacial score (nSPS) is 22.0. The molecule has 1 fully saturated rings. The van der Waals surface area contributed by atoms with Crippen molar-refractivity contribution in [3.63, 3.8) is 0 Å². The third-order valence-corrected chi connectivity index (χ3v) is 4.09. The van der Waals surface area contributed by atoms with E-state index >= 15 is 0 Å². The maximum Gasteiger partial charge on any atom is 0.316 e. The van der Waals surface area contributed by atoms with Gasteiger partial charge in [0.25, 0.3) is 0 Å². The molecule has 0 saturated carbocycles. The van der Waals surface area contributed by atoms with E-state index in [1.165, 1.54) is 24.8 Å². The molecule has 1 saturated heterocycles. The Morgan fingerprint density at radius 1 is 1.24 bits per heavy atom. The third kappa shape index (κ3) is 6.18. The number of carbonyl (C=O) groups is 1. The predicted molar refractivity (Wildman–Crippen MR) is 81.1 cm³/mol. The van der Waals surface area contributed by atoms with Crippen LogP contribution in [0.2, 0.25) is 0 Å². The Morgan fingerprint density at radius 3 is 2.76 bits per heavy atom. The van der Waals surface area contributed by atoms with Gasteiger partial charge in [0.15, 0.2) is 0 Å². The summed E-state index contributed by atoms with van der Waals surface area (Å²) in [4.78, 5) is 11.4. The number of hydrogen-bond acceptors (Lipinski definition) is 4. The molecule has 4 nitrogen and oxygen atoms in total. The van der Waals surface area contributed by atoms with Gasteiger partial charge in [0.2, 0.25) is 0 Å². The summed E-state index contributed by atoms with van der Waals surface area (Å²) in [7, 11) is 0. The highest BCUT2D eigenvalue weighted by atomic mass is 16.5. The smallest absolute Gasteiger partial charge is 0.316 e. The van der Waals surface area contributed by atoms with E-state index in [1.807, 2.05) is 13.0 Å². The lowest BCUT2D eigenvalue weighted by atomic mass is 10.1. The minimum atomic E-state index is -0.0719. The highest BCUT2D eigenvalue weighted by molar-refractivity contribution is 5.83. The van der Waals surface area contributed by atoms with Crippen molar-refractivity contribution in [3.8, 4) is 0 Å². The molecule has 21 heavy (non-hydrogen) atoms. The van der Waals surface area contributed by atoms with Gasteiger partial charge in [0.1, 0.15) is 0 Å². The van der Waals surface area contributed by atoms with Gasteiger partial charge in [-0.3, -0.25) is 4.79 Å². The Hall–Kier alpha value is -0.870. The zero-order valence-corrected chi connectivity index (χ0v) is 13.1. The fourth-order valence-corrected chi connectivity index (χ4v) is 2.73. The molecule has 0 bridgehead atoms. The van der Waals surface area contributed by atoms with Gasteiger partial charge in [-0.05, 0) is 39.0 Å². The predicted octanol–water partition coefficient (Wildman–Crippen LogP) is 3.25. The molecule has 0 unspecified atom stereocenters. The first-order valence-corrected chi connectivity index (χ1v) is 8.38. The molecule has 0 radical (unpaired) electrons. The summed E-state index contributed by atoms with van der Waals surface area (Å²) in [6.07, 6.45) is 10.3. The zero-order valence-electron chi connectivity index (χ0n) is 13.1. The lowest BCUT2D eigenvalue weighted by molar-refractivity contribution is -0.144. The first-order valence-electron chi connectivity index (χ1n) is 8.38. The molecule has 0 amide bonds. The second-order valence-corrected chi connectivity index (χ2v) is 5.82. The Balaban J connectivity index is 1.38. The van der Waals surface area contributed by atoms with Gasteiger partial charge in [-0.2, -0.15) is 0 Å². The number of rotatable bonds is 10. The van der Waals surface area contributed by atoms with E-state index in [2.05, 4.69) is 0 Å². The molecule has 2 rings (SSSR count). The largest absolute Gasteiger partial charge is 0.465 e. The van der Waals surface area contributed by atoms with Crippen molar-refractivity contribution in [2.45, 2.75) is 58.0 Å². The van der Waals surface area contributed by atoms with Crippen LogP contribution in [0, 0.1) is 5.92 Å². The van der Waals surface area contributed by atoms with Crippen LogP contribution in [0.1, 0.15) is 51.9 Å². The lowest BCUT2D eigenvalue weighted by Crippen LogP contribution is -2.23. The summed E-state index contributed by atoms with van der Waals surface area (Å²) >= 11 is 0. The summed E-state index contributed by atoms with van der Waals surface area (Å²) in [6, 6.07) is 0. The van der Waals surface area contributed by atoms with E-state index in [9.17, 15) is 4.79 Å². The van der Waals surface area contributed by atoms with Crippen molar-refractivity contribution >= 4 is 5.97 Å². The van der Waals surface area contributed by atoms with E-state index in [0.29, 0.717) is 12.7 Å². The summed E-state index contributed by atoms with van der Waals surface area (Å²) in [5.74, 6) is -0.0702. The molecule has 120 valence electrons. The fourth-order valence-electron chi connectivity index (χ4n) is 2.73. The lowest BCUT2D eigenvalue weighted by Gasteiger charge is -2.22. The number of unbranched alkanes of at least 4 members (excludes halogenated alkanes) is 3. The van der Waals surface area contributed by atoms with Gasteiger partial charge in [-0.1, -0.05) is 24.5 Å². The SMILES string of the molecule is CCOC(=O)[C@@H]1C=C1CCCCCCOC1CCOCC1. The van der Waals surface area contributed by atoms with Crippen LogP contribution in [0.25, 0.3) is 0 Å². The number of esters is 1. The van der Waals surface area contributed by atoms with E-state index in [4.69, 9.17) is 14.2 Å². The quantitative estimate of drug-likeness (QED) is 0.353.